The minimum Gasteiger partial charge on any atom is -0.483 e. The van der Waals surface area contributed by atoms with Crippen molar-refractivity contribution in [3.05, 3.63) is 41.7 Å². The summed E-state index contributed by atoms with van der Waals surface area (Å²) in [6.45, 7) is 10.7. The van der Waals surface area contributed by atoms with Gasteiger partial charge < -0.3 is 9.15 Å². The van der Waals surface area contributed by atoms with Gasteiger partial charge in [-0.3, -0.25) is 0 Å². The molecule has 1 aromatic heterocycles. The number of benzene rings is 1. The van der Waals surface area contributed by atoms with Crippen molar-refractivity contribution in [2.24, 2.45) is 0 Å². The van der Waals surface area contributed by atoms with Crippen LogP contribution in [0.5, 0.6) is 5.75 Å². The summed E-state index contributed by atoms with van der Waals surface area (Å²) in [6.07, 6.45) is 0. The molecule has 2 nitrogen and oxygen atoms in total. The molecule has 19 heavy (non-hydrogen) atoms. The predicted octanol–water partition coefficient (Wildman–Crippen LogP) is 4.70. The van der Waals surface area contributed by atoms with Crippen LogP contribution in [0.1, 0.15) is 39.0 Å². The summed E-state index contributed by atoms with van der Waals surface area (Å²) in [5.41, 5.74) is 2.01. The average molecular weight is 256 g/mol. The zero-order valence-corrected chi connectivity index (χ0v) is 12.2. The molecule has 0 N–H and O–H groups in total. The van der Waals surface area contributed by atoms with Crippen LogP contribution in [0.4, 0.5) is 0 Å². The minimum atomic E-state index is -0.220. The number of fused-ring (bicyclic) bond motifs is 1. The highest BCUT2D eigenvalue weighted by atomic mass is 16.5. The Morgan fingerprint density at radius 1 is 0.947 bits per heavy atom. The molecule has 0 radical (unpaired) electrons. The van der Waals surface area contributed by atoms with Crippen LogP contribution < -0.4 is 4.74 Å². The maximum absolute atomic E-state index is 6.15. The maximum atomic E-state index is 6.15. The van der Waals surface area contributed by atoms with E-state index in [1.54, 1.807) is 0 Å². The van der Waals surface area contributed by atoms with Crippen molar-refractivity contribution in [3.8, 4) is 17.1 Å². The molecular weight excluding hydrogens is 236 g/mol. The van der Waals surface area contributed by atoms with E-state index in [4.69, 9.17) is 9.15 Å². The van der Waals surface area contributed by atoms with E-state index in [-0.39, 0.29) is 11.0 Å². The summed E-state index contributed by atoms with van der Waals surface area (Å²) in [5, 5.41) is 0. The van der Waals surface area contributed by atoms with Gasteiger partial charge in [-0.1, -0.05) is 44.2 Å². The molecule has 0 amide bonds. The van der Waals surface area contributed by atoms with Crippen molar-refractivity contribution in [1.29, 1.82) is 0 Å². The lowest BCUT2D eigenvalue weighted by Gasteiger charge is -2.33. The van der Waals surface area contributed by atoms with E-state index in [0.717, 1.165) is 22.8 Å². The first-order valence-electron chi connectivity index (χ1n) is 6.73. The molecule has 0 saturated carbocycles. The third-order valence-corrected chi connectivity index (χ3v) is 4.55. The molecule has 0 atom stereocenters. The lowest BCUT2D eigenvalue weighted by Crippen LogP contribution is -2.42. The molecule has 1 aliphatic rings. The van der Waals surface area contributed by atoms with Crippen molar-refractivity contribution < 1.29 is 9.15 Å². The van der Waals surface area contributed by atoms with Crippen molar-refractivity contribution in [2.75, 3.05) is 0 Å². The number of ether oxygens (including phenoxy) is 1. The normalized spacial score (nSPS) is 19.0. The molecule has 0 aliphatic carbocycles. The van der Waals surface area contributed by atoms with E-state index in [1.807, 2.05) is 25.1 Å². The molecule has 0 bridgehead atoms. The summed E-state index contributed by atoms with van der Waals surface area (Å²) in [5.74, 6) is 2.74. The van der Waals surface area contributed by atoms with Gasteiger partial charge in [0, 0.05) is 11.0 Å². The first-order chi connectivity index (χ1) is 8.84. The van der Waals surface area contributed by atoms with Crippen LogP contribution in [0.3, 0.4) is 0 Å². The third-order valence-electron chi connectivity index (χ3n) is 4.55. The predicted molar refractivity (Wildman–Crippen MR) is 76.6 cm³/mol. The Morgan fingerprint density at radius 3 is 2.21 bits per heavy atom. The van der Waals surface area contributed by atoms with E-state index in [0.29, 0.717) is 0 Å². The van der Waals surface area contributed by atoms with Gasteiger partial charge in [0.1, 0.15) is 17.1 Å². The Morgan fingerprint density at radius 2 is 1.58 bits per heavy atom. The molecule has 2 heteroatoms. The summed E-state index contributed by atoms with van der Waals surface area (Å²) < 4.78 is 12.1. The van der Waals surface area contributed by atoms with Crippen LogP contribution >= 0.6 is 0 Å². The van der Waals surface area contributed by atoms with E-state index >= 15 is 0 Å². The fourth-order valence-electron chi connectivity index (χ4n) is 2.70. The summed E-state index contributed by atoms with van der Waals surface area (Å²) in [4.78, 5) is 0. The minimum absolute atomic E-state index is 0.0781. The molecule has 1 aromatic carbocycles. The monoisotopic (exact) mass is 256 g/mol. The SMILES string of the molecule is Cc1oc(-c2ccccc2)c2c1OC(C)(C)C2(C)C. The highest BCUT2D eigenvalue weighted by Gasteiger charge is 2.52. The van der Waals surface area contributed by atoms with Gasteiger partial charge in [-0.05, 0) is 20.8 Å². The van der Waals surface area contributed by atoms with Crippen LogP contribution in [0.2, 0.25) is 0 Å². The number of furan rings is 1. The van der Waals surface area contributed by atoms with Crippen LogP contribution in [-0.2, 0) is 5.41 Å². The molecular formula is C17H20O2. The van der Waals surface area contributed by atoms with Gasteiger partial charge in [-0.25, -0.2) is 0 Å². The smallest absolute Gasteiger partial charge is 0.165 e. The number of aryl methyl sites for hydroxylation is 1. The second-order valence-electron chi connectivity index (χ2n) is 6.29. The van der Waals surface area contributed by atoms with E-state index in [1.165, 1.54) is 5.56 Å². The molecule has 1 aliphatic heterocycles. The van der Waals surface area contributed by atoms with Gasteiger partial charge in [0.15, 0.2) is 5.75 Å². The molecule has 100 valence electrons. The fourth-order valence-corrected chi connectivity index (χ4v) is 2.70. The molecule has 0 fully saturated rings. The van der Waals surface area contributed by atoms with E-state index in [9.17, 15) is 0 Å². The summed E-state index contributed by atoms with van der Waals surface area (Å²) in [7, 11) is 0. The highest BCUT2D eigenvalue weighted by Crippen LogP contribution is 2.55. The van der Waals surface area contributed by atoms with E-state index in [2.05, 4.69) is 39.8 Å². The molecule has 0 saturated heterocycles. The number of hydrogen-bond acceptors (Lipinski definition) is 2. The molecule has 0 unspecified atom stereocenters. The fraction of sp³-hybridized carbons (Fsp3) is 0.412. The summed E-state index contributed by atoms with van der Waals surface area (Å²) in [6, 6.07) is 10.3. The Labute approximate surface area is 114 Å². The molecule has 2 aromatic rings. The van der Waals surface area contributed by atoms with Crippen LogP contribution in [0.15, 0.2) is 34.7 Å². The second-order valence-corrected chi connectivity index (χ2v) is 6.29. The topological polar surface area (TPSA) is 22.4 Å². The zero-order chi connectivity index (χ0) is 13.8. The Balaban J connectivity index is 2.26. The second kappa shape index (κ2) is 3.66. The average Bonchev–Trinajstić information content (AvgIpc) is 2.76. The lowest BCUT2D eigenvalue weighted by molar-refractivity contribution is 0.0671. The van der Waals surface area contributed by atoms with Crippen molar-refractivity contribution in [2.45, 2.75) is 45.6 Å². The van der Waals surface area contributed by atoms with Crippen molar-refractivity contribution in [3.63, 3.8) is 0 Å². The highest BCUT2D eigenvalue weighted by molar-refractivity contribution is 5.70. The van der Waals surface area contributed by atoms with Gasteiger partial charge >= 0.3 is 0 Å². The van der Waals surface area contributed by atoms with Crippen LogP contribution in [0, 0.1) is 6.92 Å². The van der Waals surface area contributed by atoms with Gasteiger partial charge in [0.25, 0.3) is 0 Å². The molecule has 0 spiro atoms. The van der Waals surface area contributed by atoms with Crippen LogP contribution in [0.25, 0.3) is 11.3 Å². The largest absolute Gasteiger partial charge is 0.483 e. The first kappa shape index (κ1) is 12.3. The van der Waals surface area contributed by atoms with Gasteiger partial charge in [-0.2, -0.15) is 0 Å². The molecule has 3 rings (SSSR count). The standard InChI is InChI=1S/C17H20O2/c1-11-14-13(16(2,3)17(4,5)19-14)15(18-11)12-9-7-6-8-10-12/h6-10H,1-5H3. The number of rotatable bonds is 1. The zero-order valence-electron chi connectivity index (χ0n) is 12.2. The van der Waals surface area contributed by atoms with E-state index < -0.39 is 0 Å². The quantitative estimate of drug-likeness (QED) is 0.737. The van der Waals surface area contributed by atoms with Crippen LogP contribution in [-0.4, -0.2) is 5.60 Å². The van der Waals surface area contributed by atoms with Gasteiger partial charge in [-0.15, -0.1) is 0 Å². The van der Waals surface area contributed by atoms with Crippen molar-refractivity contribution in [1.82, 2.24) is 0 Å². The first-order valence-corrected chi connectivity index (χ1v) is 6.73. The number of hydrogen-bond donors (Lipinski definition) is 0. The Kier molecular flexibility index (Phi) is 2.38. The summed E-state index contributed by atoms with van der Waals surface area (Å²) >= 11 is 0. The lowest BCUT2D eigenvalue weighted by atomic mass is 9.73. The maximum Gasteiger partial charge on any atom is 0.165 e. The Bertz CT molecular complexity index is 618. The molecule has 2 heterocycles. The van der Waals surface area contributed by atoms with Gasteiger partial charge in [0.05, 0.1) is 5.56 Å². The third kappa shape index (κ3) is 1.55. The van der Waals surface area contributed by atoms with Crippen molar-refractivity contribution >= 4 is 0 Å². The van der Waals surface area contributed by atoms with Gasteiger partial charge in [0.2, 0.25) is 0 Å². The Hall–Kier alpha value is -1.70.